The highest BCUT2D eigenvalue weighted by atomic mass is 16.5. The van der Waals surface area contributed by atoms with Gasteiger partial charge in [-0.15, -0.1) is 0 Å². The summed E-state index contributed by atoms with van der Waals surface area (Å²) < 4.78 is 5.44. The number of amides is 2. The lowest BCUT2D eigenvalue weighted by Crippen LogP contribution is -2.56. The maximum atomic E-state index is 12.3. The van der Waals surface area contributed by atoms with Gasteiger partial charge in [-0.1, -0.05) is 0 Å². The van der Waals surface area contributed by atoms with E-state index in [1.165, 1.54) is 0 Å². The van der Waals surface area contributed by atoms with E-state index in [1.807, 2.05) is 25.8 Å². The quantitative estimate of drug-likeness (QED) is 0.554. The smallest absolute Gasteiger partial charge is 0.240 e. The Balaban J connectivity index is 1.79. The number of piperidine rings is 1. The number of hydrogen-bond acceptors (Lipinski definition) is 5. The molecule has 0 radical (unpaired) electrons. The second-order valence-electron chi connectivity index (χ2n) is 6.16. The van der Waals surface area contributed by atoms with Gasteiger partial charge in [0, 0.05) is 26.2 Å². The van der Waals surface area contributed by atoms with Crippen molar-refractivity contribution in [3.63, 3.8) is 0 Å². The molecule has 0 aliphatic carbocycles. The molecule has 0 aromatic carbocycles. The molecule has 2 amide bonds. The molecule has 0 saturated carbocycles. The average molecular weight is 298 g/mol. The predicted molar refractivity (Wildman–Crippen MR) is 78.3 cm³/mol. The molecule has 2 saturated heterocycles. The van der Waals surface area contributed by atoms with Crippen LogP contribution in [-0.2, 0) is 14.3 Å². The summed E-state index contributed by atoms with van der Waals surface area (Å²) >= 11 is 0. The lowest BCUT2D eigenvalue weighted by Gasteiger charge is -2.36. The zero-order valence-corrected chi connectivity index (χ0v) is 13.0. The molecule has 2 rings (SSSR count). The Morgan fingerprint density at radius 1 is 1.48 bits per heavy atom. The Labute approximate surface area is 125 Å². The SMILES string of the molecule is CC(C)OCCCNC(=O)C1CN(C)CC2C(=O)NNC12. The van der Waals surface area contributed by atoms with Gasteiger partial charge in [0.25, 0.3) is 0 Å². The molecule has 3 atom stereocenters. The fourth-order valence-electron chi connectivity index (χ4n) is 2.93. The molecule has 0 aromatic rings. The largest absolute Gasteiger partial charge is 0.379 e. The van der Waals surface area contributed by atoms with Crippen LogP contribution < -0.4 is 16.2 Å². The fourth-order valence-corrected chi connectivity index (χ4v) is 2.93. The van der Waals surface area contributed by atoms with Gasteiger partial charge in [0.2, 0.25) is 11.8 Å². The predicted octanol–water partition coefficient (Wildman–Crippen LogP) is -0.901. The molecule has 120 valence electrons. The average Bonchev–Trinajstić information content (AvgIpc) is 2.78. The standard InChI is InChI=1S/C14H26N4O3/c1-9(2)21-6-4-5-15-13(19)10-7-18(3)8-11-12(10)16-17-14(11)20/h9-12,16H,4-8H2,1-3H3,(H,15,19)(H,17,20). The van der Waals surface area contributed by atoms with Crippen molar-refractivity contribution in [1.29, 1.82) is 0 Å². The van der Waals surface area contributed by atoms with E-state index in [9.17, 15) is 9.59 Å². The second-order valence-corrected chi connectivity index (χ2v) is 6.16. The first kappa shape index (κ1) is 16.2. The summed E-state index contributed by atoms with van der Waals surface area (Å²) in [4.78, 5) is 26.1. The van der Waals surface area contributed by atoms with Crippen LogP contribution in [0.1, 0.15) is 20.3 Å². The monoisotopic (exact) mass is 298 g/mol. The van der Waals surface area contributed by atoms with Crippen LogP contribution in [0.4, 0.5) is 0 Å². The maximum absolute atomic E-state index is 12.3. The van der Waals surface area contributed by atoms with Crippen molar-refractivity contribution in [3.8, 4) is 0 Å². The zero-order valence-electron chi connectivity index (χ0n) is 13.0. The van der Waals surface area contributed by atoms with Crippen LogP contribution >= 0.6 is 0 Å². The summed E-state index contributed by atoms with van der Waals surface area (Å²) in [5.41, 5.74) is 5.60. The van der Waals surface area contributed by atoms with E-state index in [-0.39, 0.29) is 35.8 Å². The van der Waals surface area contributed by atoms with Gasteiger partial charge in [-0.25, -0.2) is 5.43 Å². The molecule has 2 fully saturated rings. The molecule has 3 unspecified atom stereocenters. The maximum Gasteiger partial charge on any atom is 0.240 e. The molecule has 0 bridgehead atoms. The summed E-state index contributed by atoms with van der Waals surface area (Å²) in [6, 6.07) is -0.111. The van der Waals surface area contributed by atoms with Crippen LogP contribution in [0, 0.1) is 11.8 Å². The fraction of sp³-hybridized carbons (Fsp3) is 0.857. The minimum absolute atomic E-state index is 0.00472. The summed E-state index contributed by atoms with van der Waals surface area (Å²) in [5, 5.41) is 2.95. The number of ether oxygens (including phenoxy) is 1. The Kier molecular flexibility index (Phi) is 5.55. The number of carbonyl (C=O) groups is 2. The molecular weight excluding hydrogens is 272 g/mol. The first-order valence-corrected chi connectivity index (χ1v) is 7.62. The number of fused-ring (bicyclic) bond motifs is 1. The van der Waals surface area contributed by atoms with Crippen molar-refractivity contribution in [1.82, 2.24) is 21.1 Å². The van der Waals surface area contributed by atoms with E-state index in [0.717, 1.165) is 6.42 Å². The number of carbonyl (C=O) groups excluding carboxylic acids is 2. The highest BCUT2D eigenvalue weighted by Gasteiger charge is 2.46. The topological polar surface area (TPSA) is 82.7 Å². The summed E-state index contributed by atoms with van der Waals surface area (Å²) in [6.45, 7) is 6.59. The number of nitrogens with one attached hydrogen (secondary N) is 3. The number of likely N-dealkylation sites (tertiary alicyclic amines) is 1. The number of hydrazine groups is 1. The van der Waals surface area contributed by atoms with E-state index in [1.54, 1.807) is 0 Å². The third-order valence-electron chi connectivity index (χ3n) is 3.99. The van der Waals surface area contributed by atoms with E-state index < -0.39 is 0 Å². The molecular formula is C14H26N4O3. The van der Waals surface area contributed by atoms with Gasteiger partial charge < -0.3 is 15.0 Å². The number of hydrogen-bond donors (Lipinski definition) is 3. The normalized spacial score (nSPS) is 29.3. The zero-order chi connectivity index (χ0) is 15.4. The molecule has 0 spiro atoms. The van der Waals surface area contributed by atoms with E-state index in [4.69, 9.17) is 4.74 Å². The molecule has 2 heterocycles. The van der Waals surface area contributed by atoms with Crippen LogP contribution in [0.25, 0.3) is 0 Å². The minimum Gasteiger partial charge on any atom is -0.379 e. The minimum atomic E-state index is -0.210. The van der Waals surface area contributed by atoms with Crippen molar-refractivity contribution in [2.24, 2.45) is 11.8 Å². The van der Waals surface area contributed by atoms with Crippen molar-refractivity contribution < 1.29 is 14.3 Å². The molecule has 7 heteroatoms. The Hall–Kier alpha value is -1.18. The van der Waals surface area contributed by atoms with Gasteiger partial charge in [0.15, 0.2) is 0 Å². The second kappa shape index (κ2) is 7.20. The van der Waals surface area contributed by atoms with Crippen molar-refractivity contribution >= 4 is 11.8 Å². The Bertz CT molecular complexity index is 388. The van der Waals surface area contributed by atoms with Crippen LogP contribution in [-0.4, -0.2) is 62.1 Å². The van der Waals surface area contributed by atoms with E-state index >= 15 is 0 Å². The van der Waals surface area contributed by atoms with Crippen LogP contribution in [0.15, 0.2) is 0 Å². The van der Waals surface area contributed by atoms with Gasteiger partial charge in [0.1, 0.15) is 0 Å². The lowest BCUT2D eigenvalue weighted by atomic mass is 9.84. The van der Waals surface area contributed by atoms with Crippen LogP contribution in [0.3, 0.4) is 0 Å². The molecule has 2 aliphatic heterocycles. The highest BCUT2D eigenvalue weighted by Crippen LogP contribution is 2.24. The molecule has 0 aromatic heterocycles. The Morgan fingerprint density at radius 2 is 2.24 bits per heavy atom. The molecule has 3 N–H and O–H groups in total. The van der Waals surface area contributed by atoms with E-state index in [0.29, 0.717) is 26.2 Å². The van der Waals surface area contributed by atoms with Crippen LogP contribution in [0.5, 0.6) is 0 Å². The third-order valence-corrected chi connectivity index (χ3v) is 3.99. The highest BCUT2D eigenvalue weighted by molar-refractivity contribution is 5.85. The first-order valence-electron chi connectivity index (χ1n) is 7.62. The summed E-state index contributed by atoms with van der Waals surface area (Å²) in [7, 11) is 1.94. The lowest BCUT2D eigenvalue weighted by molar-refractivity contribution is -0.129. The number of nitrogens with zero attached hydrogens (tertiary/aromatic N) is 1. The van der Waals surface area contributed by atoms with E-state index in [2.05, 4.69) is 16.2 Å². The molecule has 21 heavy (non-hydrogen) atoms. The van der Waals surface area contributed by atoms with Gasteiger partial charge in [-0.2, -0.15) is 0 Å². The summed E-state index contributed by atoms with van der Waals surface area (Å²) in [6.07, 6.45) is 1.01. The number of rotatable bonds is 6. The molecule has 7 nitrogen and oxygen atoms in total. The van der Waals surface area contributed by atoms with Gasteiger partial charge in [-0.05, 0) is 27.3 Å². The van der Waals surface area contributed by atoms with Crippen LogP contribution in [0.2, 0.25) is 0 Å². The summed E-state index contributed by atoms with van der Waals surface area (Å²) in [5.74, 6) is -0.373. The van der Waals surface area contributed by atoms with Gasteiger partial charge >= 0.3 is 0 Å². The molecule has 2 aliphatic rings. The van der Waals surface area contributed by atoms with Crippen molar-refractivity contribution in [2.75, 3.05) is 33.3 Å². The van der Waals surface area contributed by atoms with Gasteiger partial charge in [0.05, 0.1) is 24.0 Å². The Morgan fingerprint density at radius 3 is 2.95 bits per heavy atom. The first-order chi connectivity index (χ1) is 9.99. The van der Waals surface area contributed by atoms with Crippen molar-refractivity contribution in [2.45, 2.75) is 32.4 Å². The van der Waals surface area contributed by atoms with Gasteiger partial charge in [-0.3, -0.25) is 15.0 Å². The third kappa shape index (κ3) is 4.15. The van der Waals surface area contributed by atoms with Crippen molar-refractivity contribution in [3.05, 3.63) is 0 Å².